The Kier molecular flexibility index (Phi) is 3.59. The van der Waals surface area contributed by atoms with E-state index >= 15 is 0 Å². The maximum absolute atomic E-state index is 12.0. The number of rotatable bonds is 3. The van der Waals surface area contributed by atoms with Crippen molar-refractivity contribution >= 4 is 21.8 Å². The van der Waals surface area contributed by atoms with Gasteiger partial charge in [-0.15, -0.1) is 0 Å². The molecule has 0 saturated carbocycles. The van der Waals surface area contributed by atoms with Crippen LogP contribution in [0.1, 0.15) is 32.8 Å². The van der Waals surface area contributed by atoms with Gasteiger partial charge in [-0.05, 0) is 12.8 Å². The molecule has 20 heavy (non-hydrogen) atoms. The van der Waals surface area contributed by atoms with E-state index in [1.807, 2.05) is 0 Å². The smallest absolute Gasteiger partial charge is 0.341 e. The second-order valence-corrected chi connectivity index (χ2v) is 6.44. The van der Waals surface area contributed by atoms with E-state index in [9.17, 15) is 18.0 Å². The first-order chi connectivity index (χ1) is 9.32. The van der Waals surface area contributed by atoms with Gasteiger partial charge in [0.25, 0.3) is 0 Å². The average Bonchev–Trinajstić information content (AvgIpc) is 2.94. The Morgan fingerprint density at radius 2 is 1.65 bits per heavy atom. The van der Waals surface area contributed by atoms with E-state index in [1.165, 1.54) is 11.7 Å². The number of aromatic nitrogens is 1. The molecule has 7 nitrogen and oxygen atoms in total. The third kappa shape index (κ3) is 2.09. The zero-order valence-corrected chi connectivity index (χ0v) is 12.2. The number of esters is 2. The molecule has 0 atom stereocenters. The third-order valence-electron chi connectivity index (χ3n) is 3.25. The molecule has 110 valence electrons. The number of nitrogens with zero attached hydrogens (tertiary/aromatic N) is 1. The fourth-order valence-electron chi connectivity index (χ4n) is 2.54. The Labute approximate surface area is 116 Å². The molecule has 0 aromatic carbocycles. The lowest BCUT2D eigenvalue weighted by Crippen LogP contribution is -2.15. The standard InChI is InChI=1S/C12H15NO6S/c1-18-11(14)8-7-5-4-6-13(7)10(20(3,16)17)9(8)12(15)19-2/h4-6H2,1-3H3. The van der Waals surface area contributed by atoms with E-state index in [0.717, 1.165) is 13.4 Å². The molecule has 2 heterocycles. The number of ether oxygens (including phenoxy) is 2. The Morgan fingerprint density at radius 3 is 2.15 bits per heavy atom. The van der Waals surface area contributed by atoms with Crippen LogP contribution in [0.5, 0.6) is 0 Å². The van der Waals surface area contributed by atoms with Crippen molar-refractivity contribution in [1.82, 2.24) is 4.57 Å². The van der Waals surface area contributed by atoms with Gasteiger partial charge in [0, 0.05) is 18.5 Å². The van der Waals surface area contributed by atoms with Crippen LogP contribution >= 0.6 is 0 Å². The summed E-state index contributed by atoms with van der Waals surface area (Å²) in [5.41, 5.74) is 0.284. The van der Waals surface area contributed by atoms with E-state index in [2.05, 4.69) is 9.47 Å². The molecule has 0 fully saturated rings. The van der Waals surface area contributed by atoms with Crippen LogP contribution in [0.25, 0.3) is 0 Å². The number of sulfone groups is 1. The predicted molar refractivity (Wildman–Crippen MR) is 68.5 cm³/mol. The van der Waals surface area contributed by atoms with Crippen molar-refractivity contribution in [3.8, 4) is 0 Å². The normalized spacial score (nSPS) is 13.9. The molecule has 1 aromatic heterocycles. The van der Waals surface area contributed by atoms with Gasteiger partial charge in [-0.2, -0.15) is 0 Å². The summed E-state index contributed by atoms with van der Waals surface area (Å²) in [7, 11) is -1.36. The van der Waals surface area contributed by atoms with Crippen LogP contribution in [0.3, 0.4) is 0 Å². The number of methoxy groups -OCH3 is 2. The summed E-state index contributed by atoms with van der Waals surface area (Å²) in [6.07, 6.45) is 2.23. The summed E-state index contributed by atoms with van der Waals surface area (Å²) in [6.45, 7) is 0.443. The van der Waals surface area contributed by atoms with E-state index < -0.39 is 21.8 Å². The highest BCUT2D eigenvalue weighted by molar-refractivity contribution is 7.90. The van der Waals surface area contributed by atoms with E-state index in [-0.39, 0.29) is 16.2 Å². The van der Waals surface area contributed by atoms with Crippen LogP contribution in [0.4, 0.5) is 0 Å². The second-order valence-electron chi connectivity index (χ2n) is 4.51. The Bertz CT molecular complexity index is 685. The monoisotopic (exact) mass is 301 g/mol. The van der Waals surface area contributed by atoms with Crippen LogP contribution in [0.2, 0.25) is 0 Å². The summed E-state index contributed by atoms with van der Waals surface area (Å²) in [5, 5.41) is -0.169. The fraction of sp³-hybridized carbons (Fsp3) is 0.500. The van der Waals surface area contributed by atoms with E-state index in [4.69, 9.17) is 0 Å². The fourth-order valence-corrected chi connectivity index (χ4v) is 3.70. The van der Waals surface area contributed by atoms with Crippen molar-refractivity contribution in [2.45, 2.75) is 24.4 Å². The van der Waals surface area contributed by atoms with Crippen LogP contribution < -0.4 is 0 Å². The highest BCUT2D eigenvalue weighted by atomic mass is 32.2. The van der Waals surface area contributed by atoms with Crippen molar-refractivity contribution in [2.24, 2.45) is 0 Å². The predicted octanol–water partition coefficient (Wildman–Crippen LogP) is 0.411. The maximum Gasteiger partial charge on any atom is 0.341 e. The van der Waals surface area contributed by atoms with Gasteiger partial charge in [0.05, 0.1) is 19.8 Å². The summed E-state index contributed by atoms with van der Waals surface area (Å²) < 4.78 is 34.7. The minimum Gasteiger partial charge on any atom is -0.465 e. The first kappa shape index (κ1) is 14.6. The third-order valence-corrected chi connectivity index (χ3v) is 4.38. The van der Waals surface area contributed by atoms with Gasteiger partial charge in [-0.1, -0.05) is 0 Å². The van der Waals surface area contributed by atoms with Gasteiger partial charge >= 0.3 is 11.9 Å². The van der Waals surface area contributed by atoms with E-state index in [1.54, 1.807) is 0 Å². The summed E-state index contributed by atoms with van der Waals surface area (Å²) in [6, 6.07) is 0. The molecule has 1 aliphatic rings. The molecule has 0 radical (unpaired) electrons. The molecule has 0 saturated heterocycles. The molecule has 0 unspecified atom stereocenters. The number of hydrogen-bond acceptors (Lipinski definition) is 6. The largest absolute Gasteiger partial charge is 0.465 e. The molecule has 0 amide bonds. The summed E-state index contributed by atoms with van der Waals surface area (Å²) in [5.74, 6) is -1.58. The van der Waals surface area contributed by atoms with Gasteiger partial charge in [-0.3, -0.25) is 0 Å². The average molecular weight is 301 g/mol. The van der Waals surface area contributed by atoms with Crippen molar-refractivity contribution in [3.63, 3.8) is 0 Å². The molecule has 8 heteroatoms. The highest BCUT2D eigenvalue weighted by Crippen LogP contribution is 2.33. The zero-order chi connectivity index (χ0) is 15.1. The first-order valence-electron chi connectivity index (χ1n) is 5.95. The number of hydrogen-bond donors (Lipinski definition) is 0. The van der Waals surface area contributed by atoms with Gasteiger partial charge in [-0.25, -0.2) is 18.0 Å². The molecule has 2 rings (SSSR count). The van der Waals surface area contributed by atoms with Gasteiger partial charge in [0.15, 0.2) is 14.9 Å². The molecule has 0 aliphatic carbocycles. The second kappa shape index (κ2) is 4.93. The topological polar surface area (TPSA) is 91.7 Å². The zero-order valence-electron chi connectivity index (χ0n) is 11.4. The van der Waals surface area contributed by atoms with Gasteiger partial charge < -0.3 is 14.0 Å². The summed E-state index contributed by atoms with van der Waals surface area (Å²) >= 11 is 0. The van der Waals surface area contributed by atoms with Gasteiger partial charge in [0.2, 0.25) is 0 Å². The minimum atomic E-state index is -3.68. The minimum absolute atomic E-state index is 0.00252. The molecule has 1 aromatic rings. The lowest BCUT2D eigenvalue weighted by molar-refractivity contribution is 0.0552. The molecule has 0 bridgehead atoms. The quantitative estimate of drug-likeness (QED) is 0.751. The van der Waals surface area contributed by atoms with Crippen LogP contribution in [0, 0.1) is 0 Å². The van der Waals surface area contributed by atoms with Crippen molar-refractivity contribution in [1.29, 1.82) is 0 Å². The van der Waals surface area contributed by atoms with Crippen LogP contribution in [0.15, 0.2) is 5.03 Å². The lowest BCUT2D eigenvalue weighted by Gasteiger charge is -2.06. The van der Waals surface area contributed by atoms with Gasteiger partial charge in [0.1, 0.15) is 5.56 Å². The Hall–Kier alpha value is -1.83. The highest BCUT2D eigenvalue weighted by Gasteiger charge is 2.37. The van der Waals surface area contributed by atoms with Crippen molar-refractivity contribution < 1.29 is 27.5 Å². The molecule has 0 spiro atoms. The van der Waals surface area contributed by atoms with Crippen LogP contribution in [-0.4, -0.2) is 45.4 Å². The van der Waals surface area contributed by atoms with Crippen LogP contribution in [-0.2, 0) is 32.3 Å². The number of carbonyl (C=O) groups is 2. The number of fused-ring (bicyclic) bond motifs is 1. The summed E-state index contributed by atoms with van der Waals surface area (Å²) in [4.78, 5) is 23.8. The molecular formula is C12H15NO6S. The van der Waals surface area contributed by atoms with Crippen molar-refractivity contribution in [3.05, 3.63) is 16.8 Å². The Balaban J connectivity index is 2.87. The molecule has 1 aliphatic heterocycles. The van der Waals surface area contributed by atoms with E-state index in [0.29, 0.717) is 25.1 Å². The lowest BCUT2D eigenvalue weighted by atomic mass is 10.1. The maximum atomic E-state index is 12.0. The Morgan fingerprint density at radius 1 is 1.10 bits per heavy atom. The number of carbonyl (C=O) groups excluding carboxylic acids is 2. The molecular weight excluding hydrogens is 286 g/mol. The SMILES string of the molecule is COC(=O)c1c(C(=O)OC)c(S(C)(=O)=O)n2c1CCC2. The van der Waals surface area contributed by atoms with Crippen molar-refractivity contribution in [2.75, 3.05) is 20.5 Å². The first-order valence-corrected chi connectivity index (χ1v) is 7.84. The molecule has 0 N–H and O–H groups in total.